The number of thiazole rings is 1. The van der Waals surface area contributed by atoms with Crippen molar-refractivity contribution in [1.82, 2.24) is 14.6 Å². The van der Waals surface area contributed by atoms with Crippen molar-refractivity contribution in [3.8, 4) is 0 Å². The van der Waals surface area contributed by atoms with Gasteiger partial charge in [-0.25, -0.2) is 13.4 Å². The van der Waals surface area contributed by atoms with Gasteiger partial charge in [-0.2, -0.15) is 4.31 Å². The number of aromatic nitrogens is 1. The zero-order valence-corrected chi connectivity index (χ0v) is 17.6. The minimum absolute atomic E-state index is 0.115. The fourth-order valence-corrected chi connectivity index (χ4v) is 5.88. The van der Waals surface area contributed by atoms with Crippen molar-refractivity contribution in [2.45, 2.75) is 37.1 Å². The van der Waals surface area contributed by atoms with Gasteiger partial charge in [0.1, 0.15) is 5.01 Å². The van der Waals surface area contributed by atoms with E-state index in [1.807, 2.05) is 24.3 Å². The average Bonchev–Trinajstić information content (AvgIpc) is 3.16. The number of carbonyl (C=O) groups is 1. The number of para-hydroxylation sites is 1. The first-order valence-corrected chi connectivity index (χ1v) is 12.0. The topological polar surface area (TPSA) is 79.4 Å². The van der Waals surface area contributed by atoms with Crippen LogP contribution in [0.4, 0.5) is 0 Å². The van der Waals surface area contributed by atoms with Crippen LogP contribution >= 0.6 is 11.3 Å². The lowest BCUT2D eigenvalue weighted by molar-refractivity contribution is -0.120. The fraction of sp³-hybridized carbons (Fsp3) is 0.333. The van der Waals surface area contributed by atoms with Gasteiger partial charge in [-0.05, 0) is 42.7 Å². The number of hydrogen-bond acceptors (Lipinski definition) is 5. The van der Waals surface area contributed by atoms with Crippen LogP contribution < -0.4 is 5.32 Å². The Balaban J connectivity index is 1.35. The van der Waals surface area contributed by atoms with Gasteiger partial charge in [0.05, 0.1) is 28.1 Å². The number of sulfonamides is 1. The predicted octanol–water partition coefficient (Wildman–Crippen LogP) is 3.33. The molecule has 0 atom stereocenters. The number of benzene rings is 2. The number of fused-ring (bicyclic) bond motifs is 1. The minimum Gasteiger partial charge on any atom is -0.349 e. The lowest BCUT2D eigenvalue weighted by Gasteiger charge is -2.25. The molecule has 0 saturated carbocycles. The van der Waals surface area contributed by atoms with Gasteiger partial charge < -0.3 is 5.32 Å². The third kappa shape index (κ3) is 4.66. The van der Waals surface area contributed by atoms with Crippen molar-refractivity contribution in [2.75, 3.05) is 13.1 Å². The van der Waals surface area contributed by atoms with Gasteiger partial charge in [0.15, 0.2) is 0 Å². The van der Waals surface area contributed by atoms with Crippen LogP contribution in [0, 0.1) is 0 Å². The molecule has 0 spiro atoms. The van der Waals surface area contributed by atoms with Gasteiger partial charge in [0.2, 0.25) is 15.9 Å². The molecule has 3 aromatic rings. The summed E-state index contributed by atoms with van der Waals surface area (Å²) in [4.78, 5) is 17.1. The molecule has 0 radical (unpaired) electrons. The highest BCUT2D eigenvalue weighted by Crippen LogP contribution is 2.22. The van der Waals surface area contributed by atoms with Crippen molar-refractivity contribution in [1.29, 1.82) is 0 Å². The Morgan fingerprint density at radius 3 is 2.48 bits per heavy atom. The van der Waals surface area contributed by atoms with E-state index < -0.39 is 10.0 Å². The zero-order valence-electron chi connectivity index (χ0n) is 16.0. The zero-order chi connectivity index (χ0) is 20.3. The SMILES string of the molecule is O=C(Cc1ccc(S(=O)(=O)N2CCCCC2)cc1)NCc1nc2ccccc2s1. The first-order chi connectivity index (χ1) is 14.0. The van der Waals surface area contributed by atoms with Crippen molar-refractivity contribution in [2.24, 2.45) is 0 Å². The molecule has 1 aliphatic heterocycles. The summed E-state index contributed by atoms with van der Waals surface area (Å²) in [6, 6.07) is 14.5. The van der Waals surface area contributed by atoms with E-state index >= 15 is 0 Å². The molecule has 8 heteroatoms. The molecule has 152 valence electrons. The molecule has 1 aromatic heterocycles. The van der Waals surface area contributed by atoms with Gasteiger partial charge in [0, 0.05) is 13.1 Å². The van der Waals surface area contributed by atoms with Gasteiger partial charge in [0.25, 0.3) is 0 Å². The smallest absolute Gasteiger partial charge is 0.243 e. The normalized spacial score (nSPS) is 15.4. The summed E-state index contributed by atoms with van der Waals surface area (Å²) < 4.78 is 28.0. The molecule has 2 aromatic carbocycles. The molecule has 0 aliphatic carbocycles. The maximum atomic E-state index is 12.7. The van der Waals surface area contributed by atoms with E-state index in [1.165, 1.54) is 0 Å². The highest BCUT2D eigenvalue weighted by molar-refractivity contribution is 7.89. The molecule has 1 aliphatic rings. The molecule has 1 saturated heterocycles. The van der Waals surface area contributed by atoms with Gasteiger partial charge in [-0.3, -0.25) is 4.79 Å². The first kappa shape index (κ1) is 20.0. The lowest BCUT2D eigenvalue weighted by Crippen LogP contribution is -2.35. The summed E-state index contributed by atoms with van der Waals surface area (Å²) in [6.07, 6.45) is 3.10. The molecule has 0 unspecified atom stereocenters. The second-order valence-corrected chi connectivity index (χ2v) is 10.2. The molecule has 1 amide bonds. The summed E-state index contributed by atoms with van der Waals surface area (Å²) in [5, 5.41) is 3.75. The van der Waals surface area contributed by atoms with Crippen LogP contribution in [0.5, 0.6) is 0 Å². The number of nitrogens with zero attached hydrogens (tertiary/aromatic N) is 2. The molecule has 1 fully saturated rings. The third-order valence-corrected chi connectivity index (χ3v) is 7.97. The van der Waals surface area contributed by atoms with E-state index in [9.17, 15) is 13.2 Å². The Hall–Kier alpha value is -2.29. The number of hydrogen-bond donors (Lipinski definition) is 1. The molecule has 4 rings (SSSR count). The summed E-state index contributed by atoms with van der Waals surface area (Å²) in [6.45, 7) is 1.55. The highest BCUT2D eigenvalue weighted by atomic mass is 32.2. The Kier molecular flexibility index (Phi) is 5.94. The maximum absolute atomic E-state index is 12.7. The maximum Gasteiger partial charge on any atom is 0.243 e. The van der Waals surface area contributed by atoms with Crippen molar-refractivity contribution in [3.05, 3.63) is 59.1 Å². The first-order valence-electron chi connectivity index (χ1n) is 9.73. The average molecular weight is 430 g/mol. The number of piperidine rings is 1. The summed E-state index contributed by atoms with van der Waals surface area (Å²) in [5.41, 5.74) is 1.72. The number of nitrogens with one attached hydrogen (secondary N) is 1. The molecule has 1 N–H and O–H groups in total. The van der Waals surface area contributed by atoms with Gasteiger partial charge in [-0.15, -0.1) is 11.3 Å². The van der Waals surface area contributed by atoms with E-state index in [4.69, 9.17) is 0 Å². The van der Waals surface area contributed by atoms with E-state index in [1.54, 1.807) is 39.9 Å². The summed E-state index contributed by atoms with van der Waals surface area (Å²) >= 11 is 1.57. The monoisotopic (exact) mass is 429 g/mol. The van der Waals surface area contributed by atoms with E-state index in [2.05, 4.69) is 10.3 Å². The number of rotatable bonds is 6. The molecular formula is C21H23N3O3S2. The van der Waals surface area contributed by atoms with Gasteiger partial charge in [-0.1, -0.05) is 30.7 Å². The van der Waals surface area contributed by atoms with Crippen LogP contribution in [-0.2, 0) is 27.8 Å². The Morgan fingerprint density at radius 2 is 1.76 bits per heavy atom. The van der Waals surface area contributed by atoms with Crippen LogP contribution in [-0.4, -0.2) is 36.7 Å². The van der Waals surface area contributed by atoms with Crippen molar-refractivity contribution in [3.63, 3.8) is 0 Å². The Labute approximate surface area is 174 Å². The van der Waals surface area contributed by atoms with Crippen LogP contribution in [0.2, 0.25) is 0 Å². The highest BCUT2D eigenvalue weighted by Gasteiger charge is 2.25. The third-order valence-electron chi connectivity index (χ3n) is 5.02. The second kappa shape index (κ2) is 8.61. The summed E-state index contributed by atoms with van der Waals surface area (Å²) in [5.74, 6) is -0.115. The number of amides is 1. The van der Waals surface area contributed by atoms with Crippen LogP contribution in [0.1, 0.15) is 29.8 Å². The largest absolute Gasteiger partial charge is 0.349 e. The van der Waals surface area contributed by atoms with Gasteiger partial charge >= 0.3 is 0 Å². The Bertz CT molecular complexity index is 1070. The van der Waals surface area contributed by atoms with Crippen LogP contribution in [0.25, 0.3) is 10.2 Å². The lowest BCUT2D eigenvalue weighted by atomic mass is 10.1. The molecule has 29 heavy (non-hydrogen) atoms. The van der Waals surface area contributed by atoms with Crippen molar-refractivity contribution >= 4 is 37.5 Å². The van der Waals surface area contributed by atoms with E-state index in [0.717, 1.165) is 40.1 Å². The predicted molar refractivity (Wildman–Crippen MR) is 114 cm³/mol. The number of carbonyl (C=O) groups excluding carboxylic acids is 1. The van der Waals surface area contributed by atoms with Crippen molar-refractivity contribution < 1.29 is 13.2 Å². The molecular weight excluding hydrogens is 406 g/mol. The van der Waals surface area contributed by atoms with E-state index in [-0.39, 0.29) is 17.2 Å². The fourth-order valence-electron chi connectivity index (χ4n) is 3.45. The van der Waals surface area contributed by atoms with Crippen LogP contribution in [0.3, 0.4) is 0 Å². The molecule has 2 heterocycles. The summed E-state index contributed by atoms with van der Waals surface area (Å²) in [7, 11) is -3.44. The molecule has 6 nitrogen and oxygen atoms in total. The molecule has 0 bridgehead atoms. The standard InChI is InChI=1S/C21H23N3O3S2/c25-20(22-15-21-23-18-6-2-3-7-19(18)28-21)14-16-8-10-17(11-9-16)29(26,27)24-12-4-1-5-13-24/h2-3,6-11H,1,4-5,12-15H2,(H,22,25). The second-order valence-electron chi connectivity index (χ2n) is 7.14. The Morgan fingerprint density at radius 1 is 1.03 bits per heavy atom. The quantitative estimate of drug-likeness (QED) is 0.652. The van der Waals surface area contributed by atoms with E-state index in [0.29, 0.717) is 19.6 Å². The van der Waals surface area contributed by atoms with Crippen LogP contribution in [0.15, 0.2) is 53.4 Å². The minimum atomic E-state index is -3.44.